The van der Waals surface area contributed by atoms with Gasteiger partial charge in [-0.05, 0) is 42.2 Å². The summed E-state index contributed by atoms with van der Waals surface area (Å²) in [6, 6.07) is 4.79. The van der Waals surface area contributed by atoms with Gasteiger partial charge in [-0.25, -0.2) is 4.39 Å². The topological polar surface area (TPSA) is 49.3 Å². The van der Waals surface area contributed by atoms with Crippen molar-refractivity contribution in [2.75, 3.05) is 11.5 Å². The maximum absolute atomic E-state index is 13.6. The van der Waals surface area contributed by atoms with E-state index in [9.17, 15) is 14.3 Å². The summed E-state index contributed by atoms with van der Waals surface area (Å²) in [6.45, 7) is 0. The number of hydrogen-bond donors (Lipinski definition) is 2. The van der Waals surface area contributed by atoms with Gasteiger partial charge in [-0.2, -0.15) is 11.8 Å². The predicted octanol–water partition coefficient (Wildman–Crippen LogP) is 1.80. The van der Waals surface area contributed by atoms with Crippen LogP contribution in [0.15, 0.2) is 18.2 Å². The van der Waals surface area contributed by atoms with Crippen LogP contribution in [0.4, 0.5) is 4.39 Å². The number of fused-ring (bicyclic) bond motifs is 1. The lowest BCUT2D eigenvalue weighted by Crippen LogP contribution is -2.47. The second kappa shape index (κ2) is 4.80. The number of nitrogens with one attached hydrogen (secondary N) is 1. The van der Waals surface area contributed by atoms with Crippen molar-refractivity contribution >= 4 is 17.7 Å². The smallest absolute Gasteiger partial charge is 0.253 e. The summed E-state index contributed by atoms with van der Waals surface area (Å²) in [5, 5.41) is 13.1. The first-order chi connectivity index (χ1) is 9.10. The highest BCUT2D eigenvalue weighted by Gasteiger charge is 2.41. The second-order valence-corrected chi connectivity index (χ2v) is 6.31. The normalized spacial score (nSPS) is 29.3. The fourth-order valence-corrected chi connectivity index (χ4v) is 4.02. The van der Waals surface area contributed by atoms with Crippen LogP contribution in [0.3, 0.4) is 0 Å². The highest BCUT2D eigenvalue weighted by atomic mass is 32.2. The van der Waals surface area contributed by atoms with Gasteiger partial charge < -0.3 is 10.4 Å². The van der Waals surface area contributed by atoms with E-state index in [4.69, 9.17) is 0 Å². The Balaban J connectivity index is 1.76. The zero-order chi connectivity index (χ0) is 13.5. The average molecular weight is 281 g/mol. The van der Waals surface area contributed by atoms with Crippen molar-refractivity contribution in [3.05, 3.63) is 35.1 Å². The minimum absolute atomic E-state index is 0.173. The Bertz CT molecular complexity index is 514. The molecule has 1 heterocycles. The Hall–Kier alpha value is -1.07. The summed E-state index contributed by atoms with van der Waals surface area (Å²) in [5.41, 5.74) is 0.295. The highest BCUT2D eigenvalue weighted by Crippen LogP contribution is 2.34. The van der Waals surface area contributed by atoms with Gasteiger partial charge >= 0.3 is 0 Å². The van der Waals surface area contributed by atoms with E-state index in [1.165, 1.54) is 6.07 Å². The van der Waals surface area contributed by atoms with Crippen molar-refractivity contribution in [1.82, 2.24) is 5.32 Å². The van der Waals surface area contributed by atoms with Gasteiger partial charge in [0.15, 0.2) is 5.60 Å². The van der Waals surface area contributed by atoms with Gasteiger partial charge in [-0.1, -0.05) is 12.1 Å². The summed E-state index contributed by atoms with van der Waals surface area (Å²) < 4.78 is 13.6. The number of hydrogen-bond acceptors (Lipinski definition) is 3. The number of amides is 1. The van der Waals surface area contributed by atoms with Crippen LogP contribution < -0.4 is 5.32 Å². The summed E-state index contributed by atoms with van der Waals surface area (Å²) in [6.07, 6.45) is 1.83. The van der Waals surface area contributed by atoms with Crippen LogP contribution in [-0.2, 0) is 11.2 Å². The second-order valence-electron chi connectivity index (χ2n) is 5.21. The third-order valence-corrected chi connectivity index (χ3v) is 5.12. The minimum atomic E-state index is -1.25. The molecule has 1 aromatic carbocycles. The molecule has 19 heavy (non-hydrogen) atoms. The van der Waals surface area contributed by atoms with Crippen LogP contribution >= 0.6 is 11.8 Å². The Morgan fingerprint density at radius 2 is 2.37 bits per heavy atom. The van der Waals surface area contributed by atoms with E-state index in [1.807, 2.05) is 6.07 Å². The Labute approximate surface area is 115 Å². The van der Waals surface area contributed by atoms with E-state index in [1.54, 1.807) is 17.8 Å². The molecule has 3 nitrogen and oxygen atoms in total. The van der Waals surface area contributed by atoms with Gasteiger partial charge in [0.2, 0.25) is 0 Å². The predicted molar refractivity (Wildman–Crippen MR) is 72.5 cm³/mol. The Morgan fingerprint density at radius 1 is 1.53 bits per heavy atom. The molecule has 1 aliphatic heterocycles. The number of rotatable bonds is 2. The number of carbonyl (C=O) groups excluding carboxylic acids is 1. The van der Waals surface area contributed by atoms with E-state index in [0.29, 0.717) is 30.6 Å². The van der Waals surface area contributed by atoms with Gasteiger partial charge in [0.1, 0.15) is 5.82 Å². The molecule has 0 saturated carbocycles. The molecular weight excluding hydrogens is 265 g/mol. The van der Waals surface area contributed by atoms with Crippen molar-refractivity contribution in [2.24, 2.45) is 0 Å². The van der Waals surface area contributed by atoms with Gasteiger partial charge in [0.25, 0.3) is 5.91 Å². The zero-order valence-corrected chi connectivity index (χ0v) is 11.3. The van der Waals surface area contributed by atoms with E-state index in [2.05, 4.69) is 5.32 Å². The number of thioether (sulfide) groups is 1. The van der Waals surface area contributed by atoms with Crippen molar-refractivity contribution in [1.29, 1.82) is 0 Å². The van der Waals surface area contributed by atoms with Crippen LogP contribution in [-0.4, -0.2) is 28.1 Å². The molecule has 0 spiro atoms. The molecule has 2 aliphatic rings. The molecular formula is C14H16FNO2S. The third kappa shape index (κ3) is 2.25. The van der Waals surface area contributed by atoms with Crippen LogP contribution in [0.25, 0.3) is 0 Å². The van der Waals surface area contributed by atoms with Crippen molar-refractivity contribution in [2.45, 2.75) is 30.9 Å². The van der Waals surface area contributed by atoms with Crippen LogP contribution in [0, 0.1) is 5.82 Å². The van der Waals surface area contributed by atoms with E-state index >= 15 is 0 Å². The molecule has 5 heteroatoms. The number of benzene rings is 1. The van der Waals surface area contributed by atoms with Crippen molar-refractivity contribution in [3.8, 4) is 0 Å². The fourth-order valence-electron chi connectivity index (χ4n) is 2.79. The van der Waals surface area contributed by atoms with Crippen molar-refractivity contribution in [3.63, 3.8) is 0 Å². The maximum atomic E-state index is 13.6. The molecule has 1 fully saturated rings. The first-order valence-electron chi connectivity index (χ1n) is 6.48. The number of carbonyl (C=O) groups is 1. The summed E-state index contributed by atoms with van der Waals surface area (Å²) >= 11 is 1.58. The van der Waals surface area contributed by atoms with E-state index in [-0.39, 0.29) is 17.8 Å². The molecule has 1 aromatic rings. The molecule has 0 bridgehead atoms. The quantitative estimate of drug-likeness (QED) is 0.869. The van der Waals surface area contributed by atoms with Gasteiger partial charge in [-0.3, -0.25) is 4.79 Å². The lowest BCUT2D eigenvalue weighted by Gasteiger charge is -2.23. The molecule has 0 radical (unpaired) electrons. The monoisotopic (exact) mass is 281 g/mol. The van der Waals surface area contributed by atoms with E-state index in [0.717, 1.165) is 11.3 Å². The van der Waals surface area contributed by atoms with Gasteiger partial charge in [0, 0.05) is 5.75 Å². The van der Waals surface area contributed by atoms with Crippen LogP contribution in [0.1, 0.15) is 30.0 Å². The molecule has 1 saturated heterocycles. The largest absolute Gasteiger partial charge is 0.379 e. The first kappa shape index (κ1) is 12.9. The third-order valence-electron chi connectivity index (χ3n) is 3.94. The molecule has 1 amide bonds. The van der Waals surface area contributed by atoms with Crippen LogP contribution in [0.5, 0.6) is 0 Å². The maximum Gasteiger partial charge on any atom is 0.253 e. The Morgan fingerprint density at radius 3 is 3.11 bits per heavy atom. The minimum Gasteiger partial charge on any atom is -0.379 e. The molecule has 2 atom stereocenters. The Kier molecular flexibility index (Phi) is 3.27. The average Bonchev–Trinajstić information content (AvgIpc) is 2.99. The zero-order valence-electron chi connectivity index (χ0n) is 10.5. The summed E-state index contributed by atoms with van der Waals surface area (Å²) in [7, 11) is 0. The van der Waals surface area contributed by atoms with Crippen LogP contribution in [0.2, 0.25) is 0 Å². The van der Waals surface area contributed by atoms with Crippen molar-refractivity contribution < 1.29 is 14.3 Å². The fraction of sp³-hybridized carbons (Fsp3) is 0.500. The lowest BCUT2D eigenvalue weighted by atomic mass is 10.0. The molecule has 2 N–H and O–H groups in total. The van der Waals surface area contributed by atoms with Gasteiger partial charge in [-0.15, -0.1) is 0 Å². The highest BCUT2D eigenvalue weighted by molar-refractivity contribution is 7.99. The molecule has 102 valence electrons. The standard InChI is InChI=1S/C14H16FNO2S/c15-11-3-1-2-10-9(11)4-5-12(10)16-13(17)14(18)6-7-19-8-14/h1-3,12,18H,4-8H2,(H,16,17). The van der Waals surface area contributed by atoms with E-state index < -0.39 is 5.60 Å². The number of halogens is 1. The van der Waals surface area contributed by atoms with Gasteiger partial charge in [0.05, 0.1) is 6.04 Å². The lowest BCUT2D eigenvalue weighted by molar-refractivity contribution is -0.138. The molecule has 1 aliphatic carbocycles. The SMILES string of the molecule is O=C(NC1CCc2c(F)cccc21)C1(O)CCSC1. The summed E-state index contributed by atoms with van der Waals surface area (Å²) in [4.78, 5) is 12.1. The summed E-state index contributed by atoms with van der Waals surface area (Å²) in [5.74, 6) is 0.727. The molecule has 0 aromatic heterocycles. The number of aliphatic hydroxyl groups is 1. The first-order valence-corrected chi connectivity index (χ1v) is 7.64. The molecule has 3 rings (SSSR count). The molecule has 2 unspecified atom stereocenters.